The minimum absolute atomic E-state index is 0.0440. The SMILES string of the molecule is CCC1CC(n2c(=O)nc(-c3cnn(C)c3)c3oc4cnc(-c5cn(C)cn5)cc4c32)CC(C)O1. The molecule has 5 aromatic heterocycles. The third kappa shape index (κ3) is 3.65. The van der Waals surface area contributed by atoms with E-state index in [0.717, 1.165) is 41.4 Å². The van der Waals surface area contributed by atoms with Crippen molar-refractivity contribution in [1.29, 1.82) is 0 Å². The van der Waals surface area contributed by atoms with Crippen molar-refractivity contribution >= 4 is 22.1 Å². The molecule has 180 valence electrons. The largest absolute Gasteiger partial charge is 0.450 e. The molecule has 10 nitrogen and oxygen atoms in total. The molecule has 0 aliphatic carbocycles. The van der Waals surface area contributed by atoms with E-state index in [1.54, 1.807) is 23.4 Å². The monoisotopic (exact) mass is 473 g/mol. The molecule has 0 amide bonds. The number of pyridine rings is 1. The molecule has 3 unspecified atom stereocenters. The summed E-state index contributed by atoms with van der Waals surface area (Å²) >= 11 is 0. The van der Waals surface area contributed by atoms with Gasteiger partial charge in [0.1, 0.15) is 16.9 Å². The highest BCUT2D eigenvalue weighted by Gasteiger charge is 2.31. The van der Waals surface area contributed by atoms with Gasteiger partial charge in [0, 0.05) is 43.5 Å². The molecule has 0 saturated carbocycles. The van der Waals surface area contributed by atoms with Crippen molar-refractivity contribution in [2.24, 2.45) is 14.1 Å². The van der Waals surface area contributed by atoms with E-state index in [1.807, 2.05) is 41.7 Å². The number of fused-ring (bicyclic) bond motifs is 3. The molecule has 10 heteroatoms. The molecular formula is C25H27N7O3. The molecule has 0 N–H and O–H groups in total. The summed E-state index contributed by atoms with van der Waals surface area (Å²) < 4.78 is 17.8. The summed E-state index contributed by atoms with van der Waals surface area (Å²) in [5.74, 6) is 0. The second-order valence-electron chi connectivity index (χ2n) is 9.39. The molecule has 1 aliphatic rings. The Hall–Kier alpha value is -3.79. The summed E-state index contributed by atoms with van der Waals surface area (Å²) in [6.45, 7) is 4.17. The van der Waals surface area contributed by atoms with E-state index in [2.05, 4.69) is 33.9 Å². The van der Waals surface area contributed by atoms with Gasteiger partial charge in [0.05, 0.1) is 36.6 Å². The zero-order valence-corrected chi connectivity index (χ0v) is 20.2. The Morgan fingerprint density at radius 1 is 1.11 bits per heavy atom. The number of nitrogens with zero attached hydrogens (tertiary/aromatic N) is 7. The summed E-state index contributed by atoms with van der Waals surface area (Å²) in [6.07, 6.45) is 11.4. The number of rotatable bonds is 4. The fourth-order valence-corrected chi connectivity index (χ4v) is 5.14. The quantitative estimate of drug-likeness (QED) is 0.390. The van der Waals surface area contributed by atoms with Crippen LogP contribution in [-0.4, -0.2) is 46.1 Å². The Morgan fingerprint density at radius 3 is 2.69 bits per heavy atom. The van der Waals surface area contributed by atoms with Gasteiger partial charge in [-0.2, -0.15) is 10.1 Å². The first kappa shape index (κ1) is 21.7. The first-order valence-corrected chi connectivity index (χ1v) is 11.9. The first-order valence-electron chi connectivity index (χ1n) is 11.9. The lowest BCUT2D eigenvalue weighted by Crippen LogP contribution is -2.37. The second-order valence-corrected chi connectivity index (χ2v) is 9.39. The summed E-state index contributed by atoms with van der Waals surface area (Å²) in [4.78, 5) is 27.2. The Kier molecular flexibility index (Phi) is 5.06. The summed E-state index contributed by atoms with van der Waals surface area (Å²) in [6, 6.07) is 1.90. The Labute approximate surface area is 201 Å². The fraction of sp³-hybridized carbons (Fsp3) is 0.400. The van der Waals surface area contributed by atoms with Gasteiger partial charge in [-0.1, -0.05) is 6.92 Å². The summed E-state index contributed by atoms with van der Waals surface area (Å²) in [7, 11) is 3.75. The average molecular weight is 474 g/mol. The van der Waals surface area contributed by atoms with E-state index in [0.29, 0.717) is 22.6 Å². The van der Waals surface area contributed by atoms with Crippen LogP contribution in [0.1, 0.15) is 39.2 Å². The molecule has 1 fully saturated rings. The summed E-state index contributed by atoms with van der Waals surface area (Å²) in [5.41, 5.74) is 4.26. The van der Waals surface area contributed by atoms with Crippen LogP contribution in [0.4, 0.5) is 0 Å². The van der Waals surface area contributed by atoms with Gasteiger partial charge in [-0.05, 0) is 32.3 Å². The molecule has 0 spiro atoms. The van der Waals surface area contributed by atoms with Gasteiger partial charge in [-0.15, -0.1) is 0 Å². The third-order valence-electron chi connectivity index (χ3n) is 6.75. The van der Waals surface area contributed by atoms with E-state index in [1.165, 1.54) is 0 Å². The van der Waals surface area contributed by atoms with Crippen molar-refractivity contribution in [2.45, 2.75) is 51.4 Å². The second kappa shape index (κ2) is 8.16. The lowest BCUT2D eigenvalue weighted by atomic mass is 9.97. The minimum atomic E-state index is -0.302. The van der Waals surface area contributed by atoms with Gasteiger partial charge < -0.3 is 13.7 Å². The van der Waals surface area contributed by atoms with Gasteiger partial charge in [-0.3, -0.25) is 14.2 Å². The number of ether oxygens (including phenoxy) is 1. The van der Waals surface area contributed by atoms with Crippen LogP contribution in [0.5, 0.6) is 0 Å². The molecular weight excluding hydrogens is 446 g/mol. The highest BCUT2D eigenvalue weighted by atomic mass is 16.5. The number of furan rings is 1. The Balaban J connectivity index is 1.65. The van der Waals surface area contributed by atoms with Crippen molar-refractivity contribution < 1.29 is 9.15 Å². The Morgan fingerprint density at radius 2 is 1.97 bits per heavy atom. The maximum atomic E-state index is 13.6. The van der Waals surface area contributed by atoms with Crippen LogP contribution in [0.3, 0.4) is 0 Å². The molecule has 0 bridgehead atoms. The maximum absolute atomic E-state index is 13.6. The lowest BCUT2D eigenvalue weighted by molar-refractivity contribution is -0.0594. The van der Waals surface area contributed by atoms with Crippen LogP contribution in [0.25, 0.3) is 44.7 Å². The van der Waals surface area contributed by atoms with Gasteiger partial charge in [0.15, 0.2) is 11.2 Å². The zero-order chi connectivity index (χ0) is 24.3. The Bertz CT molecular complexity index is 1610. The first-order chi connectivity index (χ1) is 16.9. The van der Waals surface area contributed by atoms with E-state index >= 15 is 0 Å². The molecule has 1 aliphatic heterocycles. The number of hydrogen-bond donors (Lipinski definition) is 0. The third-order valence-corrected chi connectivity index (χ3v) is 6.75. The number of aryl methyl sites for hydroxylation is 2. The zero-order valence-electron chi connectivity index (χ0n) is 20.2. The molecule has 6 heterocycles. The molecule has 5 aromatic rings. The van der Waals surface area contributed by atoms with Crippen LogP contribution in [0.15, 0.2) is 46.4 Å². The van der Waals surface area contributed by atoms with Crippen molar-refractivity contribution in [2.75, 3.05) is 0 Å². The highest BCUT2D eigenvalue weighted by Crippen LogP contribution is 2.38. The van der Waals surface area contributed by atoms with Crippen molar-refractivity contribution in [3.8, 4) is 22.6 Å². The molecule has 1 saturated heterocycles. The standard InChI is InChI=1S/C25H27N7O3/c1-5-17-7-16(6-14(2)34-17)32-23-18-8-19(20-12-30(3)13-27-20)26-10-21(18)35-24(23)22(29-25(32)33)15-9-28-31(4)11-15/h8-14,16-17H,5-7H2,1-4H3. The minimum Gasteiger partial charge on any atom is -0.450 e. The average Bonchev–Trinajstić information content (AvgIpc) is 3.56. The lowest BCUT2D eigenvalue weighted by Gasteiger charge is -2.34. The van der Waals surface area contributed by atoms with Crippen LogP contribution < -0.4 is 5.69 Å². The molecule has 3 atom stereocenters. The van der Waals surface area contributed by atoms with Crippen molar-refractivity contribution in [3.05, 3.63) is 47.7 Å². The van der Waals surface area contributed by atoms with E-state index in [-0.39, 0.29) is 23.9 Å². The van der Waals surface area contributed by atoms with Crippen LogP contribution in [0, 0.1) is 0 Å². The van der Waals surface area contributed by atoms with Gasteiger partial charge in [0.2, 0.25) is 0 Å². The molecule has 0 aromatic carbocycles. The van der Waals surface area contributed by atoms with E-state index in [9.17, 15) is 4.79 Å². The fourth-order valence-electron chi connectivity index (χ4n) is 5.14. The predicted molar refractivity (Wildman–Crippen MR) is 131 cm³/mol. The van der Waals surface area contributed by atoms with Gasteiger partial charge in [0.25, 0.3) is 0 Å². The number of imidazole rings is 1. The summed E-state index contributed by atoms with van der Waals surface area (Å²) in [5, 5.41) is 5.08. The maximum Gasteiger partial charge on any atom is 0.349 e. The highest BCUT2D eigenvalue weighted by molar-refractivity contribution is 6.07. The predicted octanol–water partition coefficient (Wildman–Crippen LogP) is 3.86. The van der Waals surface area contributed by atoms with Crippen molar-refractivity contribution in [1.82, 2.24) is 33.9 Å². The number of aromatic nitrogens is 7. The van der Waals surface area contributed by atoms with Crippen molar-refractivity contribution in [3.63, 3.8) is 0 Å². The smallest absolute Gasteiger partial charge is 0.349 e. The number of hydrogen-bond acceptors (Lipinski definition) is 7. The molecule has 6 rings (SSSR count). The van der Waals surface area contributed by atoms with E-state index < -0.39 is 0 Å². The van der Waals surface area contributed by atoms with E-state index in [4.69, 9.17) is 9.15 Å². The van der Waals surface area contributed by atoms with Gasteiger partial charge >= 0.3 is 5.69 Å². The van der Waals surface area contributed by atoms with Gasteiger partial charge in [-0.25, -0.2) is 9.78 Å². The molecule has 0 radical (unpaired) electrons. The topological polar surface area (TPSA) is 106 Å². The molecule has 35 heavy (non-hydrogen) atoms. The van der Waals surface area contributed by atoms with Crippen LogP contribution >= 0.6 is 0 Å². The normalized spacial score (nSPS) is 20.7. The van der Waals surface area contributed by atoms with Crippen LogP contribution in [0.2, 0.25) is 0 Å². The van der Waals surface area contributed by atoms with Crippen LogP contribution in [-0.2, 0) is 18.8 Å².